The first-order chi connectivity index (χ1) is 9.08. The van der Waals surface area contributed by atoms with Crippen LogP contribution in [0.2, 0.25) is 0 Å². The Balaban J connectivity index is 2.13. The van der Waals surface area contributed by atoms with E-state index in [1.165, 1.54) is 11.1 Å². The highest BCUT2D eigenvalue weighted by molar-refractivity contribution is 5.76. The van der Waals surface area contributed by atoms with Crippen molar-refractivity contribution in [1.82, 2.24) is 5.32 Å². The molecular formula is C16H23NO2. The molecule has 1 N–H and O–H groups in total. The van der Waals surface area contributed by atoms with Gasteiger partial charge in [-0.2, -0.15) is 0 Å². The molecule has 0 bridgehead atoms. The third-order valence-electron chi connectivity index (χ3n) is 2.64. The number of rotatable bonds is 8. The van der Waals surface area contributed by atoms with Crippen molar-refractivity contribution in [2.24, 2.45) is 0 Å². The van der Waals surface area contributed by atoms with Gasteiger partial charge in [0.05, 0.1) is 13.2 Å². The molecule has 0 saturated heterocycles. The molecule has 19 heavy (non-hydrogen) atoms. The molecule has 0 fully saturated rings. The lowest BCUT2D eigenvalue weighted by molar-refractivity contribution is -0.121. The molecule has 3 nitrogen and oxygen atoms in total. The molecule has 0 spiro atoms. The molecule has 0 aliphatic heterocycles. The fourth-order valence-electron chi connectivity index (χ4n) is 1.72. The highest BCUT2D eigenvalue weighted by Crippen LogP contribution is 2.06. The normalized spacial score (nSPS) is 10.2. The van der Waals surface area contributed by atoms with Gasteiger partial charge >= 0.3 is 0 Å². The summed E-state index contributed by atoms with van der Waals surface area (Å²) >= 11 is 0. The van der Waals surface area contributed by atoms with E-state index in [9.17, 15) is 4.79 Å². The van der Waals surface area contributed by atoms with Crippen molar-refractivity contribution in [3.05, 3.63) is 47.5 Å². The minimum atomic E-state index is 0.0698. The summed E-state index contributed by atoms with van der Waals surface area (Å²) in [6.45, 7) is 9.36. The van der Waals surface area contributed by atoms with E-state index in [1.54, 1.807) is 0 Å². The summed E-state index contributed by atoms with van der Waals surface area (Å²) in [5.41, 5.74) is 3.42. The highest BCUT2D eigenvalue weighted by Gasteiger charge is 2.01. The first kappa shape index (κ1) is 15.4. The SMILES string of the molecule is C=C(C)COCCNC(=O)CCc1cccc(C)c1. The number of carbonyl (C=O) groups is 1. The van der Waals surface area contributed by atoms with Crippen molar-refractivity contribution < 1.29 is 9.53 Å². The van der Waals surface area contributed by atoms with E-state index < -0.39 is 0 Å². The monoisotopic (exact) mass is 261 g/mol. The number of benzene rings is 1. The second-order valence-electron chi connectivity index (χ2n) is 4.85. The van der Waals surface area contributed by atoms with Gasteiger partial charge in [-0.1, -0.05) is 42.0 Å². The Hall–Kier alpha value is -1.61. The molecule has 0 atom stereocenters. The maximum Gasteiger partial charge on any atom is 0.220 e. The van der Waals surface area contributed by atoms with Crippen LogP contribution in [-0.2, 0) is 16.0 Å². The molecule has 3 heteroatoms. The molecule has 1 amide bonds. The zero-order valence-electron chi connectivity index (χ0n) is 11.9. The first-order valence-electron chi connectivity index (χ1n) is 6.62. The second kappa shape index (κ2) is 8.48. The van der Waals surface area contributed by atoms with Gasteiger partial charge in [0.15, 0.2) is 0 Å². The fraction of sp³-hybridized carbons (Fsp3) is 0.438. The minimum absolute atomic E-state index is 0.0698. The Bertz CT molecular complexity index is 427. The van der Waals surface area contributed by atoms with E-state index in [0.29, 0.717) is 26.2 Å². The summed E-state index contributed by atoms with van der Waals surface area (Å²) < 4.78 is 5.31. The second-order valence-corrected chi connectivity index (χ2v) is 4.85. The molecule has 0 aliphatic rings. The summed E-state index contributed by atoms with van der Waals surface area (Å²) in [5.74, 6) is 0.0698. The van der Waals surface area contributed by atoms with Crippen molar-refractivity contribution in [3.8, 4) is 0 Å². The molecule has 0 radical (unpaired) electrons. The van der Waals surface area contributed by atoms with Crippen molar-refractivity contribution in [2.45, 2.75) is 26.7 Å². The topological polar surface area (TPSA) is 38.3 Å². The molecule has 0 saturated carbocycles. The summed E-state index contributed by atoms with van der Waals surface area (Å²) in [7, 11) is 0. The third kappa shape index (κ3) is 7.42. The van der Waals surface area contributed by atoms with E-state index in [-0.39, 0.29) is 5.91 Å². The van der Waals surface area contributed by atoms with Crippen molar-refractivity contribution in [3.63, 3.8) is 0 Å². The largest absolute Gasteiger partial charge is 0.375 e. The Morgan fingerprint density at radius 3 is 2.89 bits per heavy atom. The third-order valence-corrected chi connectivity index (χ3v) is 2.64. The van der Waals surface area contributed by atoms with Crippen LogP contribution < -0.4 is 5.32 Å². The number of amides is 1. The van der Waals surface area contributed by atoms with Gasteiger partial charge in [-0.25, -0.2) is 0 Å². The first-order valence-corrected chi connectivity index (χ1v) is 6.62. The van der Waals surface area contributed by atoms with Gasteiger partial charge in [-0.3, -0.25) is 4.79 Å². The maximum atomic E-state index is 11.6. The van der Waals surface area contributed by atoms with Gasteiger partial charge in [0.1, 0.15) is 0 Å². The van der Waals surface area contributed by atoms with E-state index in [0.717, 1.165) is 12.0 Å². The van der Waals surface area contributed by atoms with Crippen LogP contribution in [-0.4, -0.2) is 25.7 Å². The standard InChI is InChI=1S/C16H23NO2/c1-13(2)12-19-10-9-17-16(18)8-7-15-6-4-5-14(3)11-15/h4-6,11H,1,7-10,12H2,2-3H3,(H,17,18). The van der Waals surface area contributed by atoms with Gasteiger partial charge in [0.2, 0.25) is 5.91 Å². The number of carbonyl (C=O) groups excluding carboxylic acids is 1. The van der Waals surface area contributed by atoms with Gasteiger partial charge in [0.25, 0.3) is 0 Å². The molecule has 104 valence electrons. The number of ether oxygens (including phenoxy) is 1. The molecule has 0 aliphatic carbocycles. The Morgan fingerprint density at radius 2 is 2.21 bits per heavy atom. The quantitative estimate of drug-likeness (QED) is 0.577. The Labute approximate surface area is 115 Å². The van der Waals surface area contributed by atoms with Crippen LogP contribution in [0.15, 0.2) is 36.4 Å². The predicted octanol–water partition coefficient (Wildman–Crippen LogP) is 2.64. The predicted molar refractivity (Wildman–Crippen MR) is 78.1 cm³/mol. The lowest BCUT2D eigenvalue weighted by Gasteiger charge is -2.06. The van der Waals surface area contributed by atoms with Gasteiger partial charge in [-0.05, 0) is 25.8 Å². The van der Waals surface area contributed by atoms with Crippen molar-refractivity contribution in [2.75, 3.05) is 19.8 Å². The van der Waals surface area contributed by atoms with Crippen LogP contribution in [0, 0.1) is 6.92 Å². The maximum absolute atomic E-state index is 11.6. The number of nitrogens with one attached hydrogen (secondary N) is 1. The molecule has 0 unspecified atom stereocenters. The lowest BCUT2D eigenvalue weighted by Crippen LogP contribution is -2.27. The van der Waals surface area contributed by atoms with Crippen LogP contribution in [0.25, 0.3) is 0 Å². The molecule has 1 rings (SSSR count). The van der Waals surface area contributed by atoms with Gasteiger partial charge in [0, 0.05) is 13.0 Å². The summed E-state index contributed by atoms with van der Waals surface area (Å²) in [4.78, 5) is 11.6. The fourth-order valence-corrected chi connectivity index (χ4v) is 1.72. The Kier molecular flexibility index (Phi) is 6.90. The van der Waals surface area contributed by atoms with E-state index in [4.69, 9.17) is 4.74 Å². The van der Waals surface area contributed by atoms with E-state index >= 15 is 0 Å². The van der Waals surface area contributed by atoms with Crippen LogP contribution in [0.5, 0.6) is 0 Å². The zero-order valence-corrected chi connectivity index (χ0v) is 11.9. The molecule has 0 heterocycles. The Morgan fingerprint density at radius 1 is 1.42 bits per heavy atom. The molecule has 1 aromatic carbocycles. The average molecular weight is 261 g/mol. The lowest BCUT2D eigenvalue weighted by atomic mass is 10.1. The summed E-state index contributed by atoms with van der Waals surface area (Å²) in [6, 6.07) is 8.25. The van der Waals surface area contributed by atoms with E-state index in [2.05, 4.69) is 37.0 Å². The molecular weight excluding hydrogens is 238 g/mol. The summed E-state index contributed by atoms with van der Waals surface area (Å²) in [5, 5.41) is 2.85. The van der Waals surface area contributed by atoms with Crippen LogP contribution in [0.3, 0.4) is 0 Å². The van der Waals surface area contributed by atoms with Gasteiger partial charge in [-0.15, -0.1) is 0 Å². The number of aryl methyl sites for hydroxylation is 2. The van der Waals surface area contributed by atoms with Crippen LogP contribution in [0.1, 0.15) is 24.5 Å². The number of hydrogen-bond donors (Lipinski definition) is 1. The van der Waals surface area contributed by atoms with Gasteiger partial charge < -0.3 is 10.1 Å². The number of hydrogen-bond acceptors (Lipinski definition) is 2. The summed E-state index contributed by atoms with van der Waals surface area (Å²) in [6.07, 6.45) is 1.30. The van der Waals surface area contributed by atoms with E-state index in [1.807, 2.05) is 13.0 Å². The smallest absolute Gasteiger partial charge is 0.220 e. The van der Waals surface area contributed by atoms with Crippen LogP contribution >= 0.6 is 0 Å². The molecule has 0 aromatic heterocycles. The zero-order chi connectivity index (χ0) is 14.1. The average Bonchev–Trinajstić information content (AvgIpc) is 2.35. The van der Waals surface area contributed by atoms with Crippen LogP contribution in [0.4, 0.5) is 0 Å². The minimum Gasteiger partial charge on any atom is -0.375 e. The molecule has 1 aromatic rings. The van der Waals surface area contributed by atoms with Crippen molar-refractivity contribution in [1.29, 1.82) is 0 Å². The highest BCUT2D eigenvalue weighted by atomic mass is 16.5. The van der Waals surface area contributed by atoms with Crippen molar-refractivity contribution >= 4 is 5.91 Å².